The number of amides is 2. The molecule has 0 unspecified atom stereocenters. The average Bonchev–Trinajstić information content (AvgIpc) is 3.94. The third-order valence-electron chi connectivity index (χ3n) is 12.7. The average molecular weight is 781 g/mol. The fraction of sp³-hybridized carbons (Fsp3) is 0.667. The number of aliphatic carboxylic acids is 2. The van der Waals surface area contributed by atoms with Crippen LogP contribution < -0.4 is 10.6 Å². The van der Waals surface area contributed by atoms with E-state index in [0.29, 0.717) is 88.2 Å². The van der Waals surface area contributed by atoms with Gasteiger partial charge in [-0.2, -0.15) is 0 Å². The van der Waals surface area contributed by atoms with Crippen LogP contribution in [-0.2, 0) is 47.7 Å². The van der Waals surface area contributed by atoms with Crippen molar-refractivity contribution in [3.8, 4) is 0 Å². The summed E-state index contributed by atoms with van der Waals surface area (Å²) in [5.41, 5.74) is 1.18. The van der Waals surface area contributed by atoms with Gasteiger partial charge >= 0.3 is 23.9 Å². The minimum Gasteiger partial charge on any atom is -0.481 e. The van der Waals surface area contributed by atoms with Crippen LogP contribution in [0.1, 0.15) is 117 Å². The first-order chi connectivity index (χ1) is 26.5. The summed E-state index contributed by atoms with van der Waals surface area (Å²) in [7, 11) is 0. The molecule has 0 aromatic carbocycles. The minimum atomic E-state index is -1.09. The van der Waals surface area contributed by atoms with Crippen LogP contribution in [-0.4, -0.2) is 93.6 Å². The highest BCUT2D eigenvalue weighted by atomic mass is 16.7. The molecule has 14 nitrogen and oxygen atoms in total. The molecule has 0 radical (unpaired) electrons. The lowest BCUT2D eigenvalue weighted by molar-refractivity contribution is -0.140. The first kappa shape index (κ1) is 41.3. The second-order valence-corrected chi connectivity index (χ2v) is 17.0. The summed E-state index contributed by atoms with van der Waals surface area (Å²) in [6.45, 7) is 12.4. The van der Waals surface area contributed by atoms with Gasteiger partial charge in [0.15, 0.2) is 0 Å². The van der Waals surface area contributed by atoms with E-state index in [0.717, 1.165) is 11.1 Å². The maximum absolute atomic E-state index is 13.7. The molecule has 4 saturated heterocycles. The maximum atomic E-state index is 13.7. The fourth-order valence-corrected chi connectivity index (χ4v) is 9.36. The number of nitrogens with one attached hydrogen (secondary N) is 2. The SMILES string of the molecule is C=C1C(=O)O[C@H]2[C@H]1CC/C(CC(CCCNC(=O)CCC(=O)O)(C/C1=C/CC[C@@]3(C)O[C@H]3[C@H]3OC(=O)C(=C)[C@@H]3CC1)NC(=O)CCC(=O)O)=C\CC[C@@]1(C)O[C@@H]21. The summed E-state index contributed by atoms with van der Waals surface area (Å²) in [6, 6.07) is 0. The van der Waals surface area contributed by atoms with Crippen molar-refractivity contribution in [2.75, 3.05) is 6.54 Å². The van der Waals surface area contributed by atoms with Gasteiger partial charge in [-0.15, -0.1) is 0 Å². The molecule has 4 heterocycles. The number of rotatable bonds is 15. The van der Waals surface area contributed by atoms with Crippen LogP contribution in [0.4, 0.5) is 0 Å². The molecule has 0 aromatic heterocycles. The Labute approximate surface area is 327 Å². The van der Waals surface area contributed by atoms with E-state index < -0.39 is 58.7 Å². The molecule has 0 aromatic rings. The lowest BCUT2D eigenvalue weighted by Gasteiger charge is -2.38. The number of carboxylic acids is 2. The zero-order chi connectivity index (χ0) is 40.4. The van der Waals surface area contributed by atoms with E-state index in [9.17, 15) is 33.9 Å². The van der Waals surface area contributed by atoms with Crippen LogP contribution in [0.25, 0.3) is 0 Å². The van der Waals surface area contributed by atoms with E-state index >= 15 is 0 Å². The van der Waals surface area contributed by atoms with Gasteiger partial charge in [-0.3, -0.25) is 19.2 Å². The van der Waals surface area contributed by atoms with Gasteiger partial charge in [0.05, 0.1) is 24.0 Å². The second-order valence-electron chi connectivity index (χ2n) is 17.0. The molecular weight excluding hydrogens is 724 g/mol. The molecule has 4 aliphatic heterocycles. The van der Waals surface area contributed by atoms with Crippen molar-refractivity contribution in [2.45, 2.75) is 158 Å². The Morgan fingerprint density at radius 3 is 1.70 bits per heavy atom. The summed E-state index contributed by atoms with van der Waals surface area (Å²) in [4.78, 5) is 74.2. The predicted octanol–water partition coefficient (Wildman–Crippen LogP) is 4.76. The second kappa shape index (κ2) is 16.7. The smallest absolute Gasteiger partial charge is 0.334 e. The lowest BCUT2D eigenvalue weighted by atomic mass is 9.75. The van der Waals surface area contributed by atoms with Crippen LogP contribution >= 0.6 is 0 Å². The van der Waals surface area contributed by atoms with E-state index in [4.69, 9.17) is 24.1 Å². The molecule has 2 amide bonds. The van der Waals surface area contributed by atoms with E-state index in [-0.39, 0.29) is 62.2 Å². The number of allylic oxidation sites excluding steroid dienone is 2. The topological polar surface area (TPSA) is 210 Å². The van der Waals surface area contributed by atoms with Crippen LogP contribution in [0, 0.1) is 11.8 Å². The minimum absolute atomic E-state index is 0.154. The Kier molecular flexibility index (Phi) is 12.3. The lowest BCUT2D eigenvalue weighted by Crippen LogP contribution is -2.50. The highest BCUT2D eigenvalue weighted by Crippen LogP contribution is 2.52. The molecule has 2 aliphatic carbocycles. The van der Waals surface area contributed by atoms with E-state index in [1.54, 1.807) is 0 Å². The standard InChI is InChI=1S/C42H56N2O12/c1-24-28-12-10-26(8-5-18-40(3)36(55-40)34(28)53-38(24)51)22-42(44-31(46)15-17-33(49)50,20-7-21-43-30(45)14-16-32(47)48)23-27-9-6-19-41(4)37(56-41)35-29(13-11-27)25(2)39(52)54-35/h8-9,28-29,34-37H,1-2,5-7,10-23H2,3-4H3,(H,43,45)(H,44,46)(H,47,48)(H,49,50)/b26-8+,27-9+/t28-,29-,34-,35-,36-,37-,40+,41+/m0/s1. The van der Waals surface area contributed by atoms with Gasteiger partial charge < -0.3 is 39.8 Å². The van der Waals surface area contributed by atoms with Crippen molar-refractivity contribution in [3.05, 3.63) is 47.6 Å². The van der Waals surface area contributed by atoms with Crippen LogP contribution in [0.3, 0.4) is 0 Å². The third-order valence-corrected chi connectivity index (χ3v) is 12.7. The number of esters is 2. The van der Waals surface area contributed by atoms with Crippen molar-refractivity contribution < 1.29 is 57.9 Å². The van der Waals surface area contributed by atoms with Crippen LogP contribution in [0.5, 0.6) is 0 Å². The molecule has 6 rings (SSSR count). The van der Waals surface area contributed by atoms with Gasteiger partial charge in [-0.05, 0) is 90.9 Å². The Bertz CT molecular complexity index is 1630. The summed E-state index contributed by atoms with van der Waals surface area (Å²) in [5.74, 6) is -4.23. The Balaban J connectivity index is 1.30. The number of carbonyl (C=O) groups is 6. The van der Waals surface area contributed by atoms with Gasteiger partial charge in [-0.1, -0.05) is 36.5 Å². The number of fused-ring (bicyclic) bond motifs is 6. The van der Waals surface area contributed by atoms with Gasteiger partial charge in [0.25, 0.3) is 0 Å². The first-order valence-corrected chi connectivity index (χ1v) is 20.0. The van der Waals surface area contributed by atoms with Crippen molar-refractivity contribution >= 4 is 35.7 Å². The molecule has 14 heteroatoms. The number of epoxide rings is 2. The highest BCUT2D eigenvalue weighted by molar-refractivity contribution is 5.91. The zero-order valence-corrected chi connectivity index (χ0v) is 32.5. The first-order valence-electron chi connectivity index (χ1n) is 20.0. The number of hydrogen-bond donors (Lipinski definition) is 4. The van der Waals surface area contributed by atoms with Crippen molar-refractivity contribution in [1.29, 1.82) is 0 Å². The Morgan fingerprint density at radius 2 is 1.23 bits per heavy atom. The summed E-state index contributed by atoms with van der Waals surface area (Å²) >= 11 is 0. The molecule has 4 fully saturated rings. The van der Waals surface area contributed by atoms with Crippen molar-refractivity contribution in [2.24, 2.45) is 11.8 Å². The molecular formula is C42H56N2O12. The quantitative estimate of drug-likeness (QED) is 0.0583. The van der Waals surface area contributed by atoms with Gasteiger partial charge in [0, 0.05) is 47.9 Å². The predicted molar refractivity (Wildman–Crippen MR) is 201 cm³/mol. The molecule has 0 bridgehead atoms. The van der Waals surface area contributed by atoms with Crippen LogP contribution in [0.2, 0.25) is 0 Å². The van der Waals surface area contributed by atoms with Crippen molar-refractivity contribution in [1.82, 2.24) is 10.6 Å². The molecule has 8 atom stereocenters. The number of hydrogen-bond acceptors (Lipinski definition) is 10. The van der Waals surface area contributed by atoms with E-state index in [1.165, 1.54) is 0 Å². The summed E-state index contributed by atoms with van der Waals surface area (Å²) in [5, 5.41) is 24.6. The third kappa shape index (κ3) is 9.62. The van der Waals surface area contributed by atoms with Gasteiger partial charge in [0.1, 0.15) is 24.4 Å². The highest BCUT2D eigenvalue weighted by Gasteiger charge is 2.62. The summed E-state index contributed by atoms with van der Waals surface area (Å²) in [6.07, 6.45) is 8.99. The van der Waals surface area contributed by atoms with Gasteiger partial charge in [-0.25, -0.2) is 9.59 Å². The normalized spacial score (nSPS) is 35.2. The Hall–Kier alpha value is -4.30. The molecule has 306 valence electrons. The molecule has 0 spiro atoms. The fourth-order valence-electron chi connectivity index (χ4n) is 9.36. The number of carboxylic acid groups (broad SMARTS) is 2. The monoisotopic (exact) mass is 780 g/mol. The van der Waals surface area contributed by atoms with E-state index in [1.807, 2.05) is 13.8 Å². The molecule has 0 saturated carbocycles. The van der Waals surface area contributed by atoms with Gasteiger partial charge in [0.2, 0.25) is 11.8 Å². The Morgan fingerprint density at radius 1 is 0.768 bits per heavy atom. The number of carbonyl (C=O) groups excluding carboxylic acids is 4. The summed E-state index contributed by atoms with van der Waals surface area (Å²) < 4.78 is 23.8. The number of ether oxygens (including phenoxy) is 4. The maximum Gasteiger partial charge on any atom is 0.334 e. The largest absolute Gasteiger partial charge is 0.481 e. The zero-order valence-electron chi connectivity index (χ0n) is 32.5. The van der Waals surface area contributed by atoms with Crippen LogP contribution in [0.15, 0.2) is 47.6 Å². The van der Waals surface area contributed by atoms with Crippen molar-refractivity contribution in [3.63, 3.8) is 0 Å². The molecule has 56 heavy (non-hydrogen) atoms. The molecule has 4 N–H and O–H groups in total. The van der Waals surface area contributed by atoms with E-state index in [2.05, 4.69) is 35.9 Å². The molecule has 6 aliphatic rings.